The molecule has 0 spiro atoms. The van der Waals surface area contributed by atoms with Crippen LogP contribution in [0.25, 0.3) is 0 Å². The molecule has 0 saturated carbocycles. The van der Waals surface area contributed by atoms with E-state index < -0.39 is 0 Å². The molecule has 0 aliphatic carbocycles. The highest BCUT2D eigenvalue weighted by Crippen LogP contribution is 2.28. The zero-order chi connectivity index (χ0) is 13.3. The molecule has 0 aliphatic rings. The van der Waals surface area contributed by atoms with E-state index in [0.29, 0.717) is 5.82 Å². The molecule has 94 valence electrons. The molecule has 1 unspecified atom stereocenters. The van der Waals surface area contributed by atoms with Crippen LogP contribution in [-0.4, -0.2) is 4.98 Å². The first-order valence-electron chi connectivity index (χ1n) is 5.73. The van der Waals surface area contributed by atoms with Crippen molar-refractivity contribution >= 4 is 5.82 Å². The maximum absolute atomic E-state index is 13.1. The number of nitrogens with zero attached hydrogens (tertiary/aromatic N) is 1. The highest BCUT2D eigenvalue weighted by Gasteiger charge is 2.17. The first-order valence-corrected chi connectivity index (χ1v) is 5.73. The summed E-state index contributed by atoms with van der Waals surface area (Å²) in [5.74, 6) is 0.158. The Balaban J connectivity index is 2.51. The molecule has 0 fully saturated rings. The molecule has 2 aromatic rings. The number of anilines is 1. The van der Waals surface area contributed by atoms with Gasteiger partial charge in [-0.3, -0.25) is 0 Å². The van der Waals surface area contributed by atoms with Crippen molar-refractivity contribution in [1.29, 1.82) is 0 Å². The first-order chi connectivity index (χ1) is 8.50. The molecule has 3 nitrogen and oxygen atoms in total. The van der Waals surface area contributed by atoms with Gasteiger partial charge in [0.2, 0.25) is 0 Å². The minimum absolute atomic E-state index is 0.265. The van der Waals surface area contributed by atoms with Crippen LogP contribution in [0, 0.1) is 19.7 Å². The maximum atomic E-state index is 13.1. The molecule has 0 bridgehead atoms. The number of aryl methyl sites for hydroxylation is 2. The standard InChI is InChI=1S/C14H16FN3/c1-8-5-6-18-14(17)12(8)13(16)11-4-3-10(15)7-9(11)2/h3-7,13H,16H2,1-2H3,(H2,17,18). The number of aromatic nitrogens is 1. The summed E-state index contributed by atoms with van der Waals surface area (Å²) in [6, 6.07) is 6.05. The van der Waals surface area contributed by atoms with Crippen LogP contribution in [0.15, 0.2) is 30.5 Å². The van der Waals surface area contributed by atoms with Gasteiger partial charge in [-0.05, 0) is 48.7 Å². The lowest BCUT2D eigenvalue weighted by atomic mass is 9.93. The summed E-state index contributed by atoms with van der Waals surface area (Å²) in [6.07, 6.45) is 1.65. The molecule has 0 aliphatic heterocycles. The summed E-state index contributed by atoms with van der Waals surface area (Å²) >= 11 is 0. The third kappa shape index (κ3) is 2.19. The summed E-state index contributed by atoms with van der Waals surface area (Å²) in [6.45, 7) is 3.77. The van der Waals surface area contributed by atoms with Crippen LogP contribution in [0.3, 0.4) is 0 Å². The van der Waals surface area contributed by atoms with Gasteiger partial charge < -0.3 is 11.5 Å². The van der Waals surface area contributed by atoms with Gasteiger partial charge in [-0.25, -0.2) is 9.37 Å². The third-order valence-electron chi connectivity index (χ3n) is 3.12. The molecule has 1 aromatic heterocycles. The Morgan fingerprint density at radius 2 is 1.89 bits per heavy atom. The normalized spacial score (nSPS) is 12.4. The Bertz CT molecular complexity index is 561. The molecule has 0 saturated heterocycles. The number of benzene rings is 1. The smallest absolute Gasteiger partial charge is 0.128 e. The molecular formula is C14H16FN3. The van der Waals surface area contributed by atoms with E-state index in [9.17, 15) is 4.39 Å². The van der Waals surface area contributed by atoms with Crippen molar-refractivity contribution in [3.63, 3.8) is 0 Å². The van der Waals surface area contributed by atoms with Gasteiger partial charge in [0.05, 0.1) is 6.04 Å². The fourth-order valence-electron chi connectivity index (χ4n) is 2.14. The van der Waals surface area contributed by atoms with Crippen LogP contribution >= 0.6 is 0 Å². The average Bonchev–Trinajstić information content (AvgIpc) is 2.28. The first kappa shape index (κ1) is 12.5. The van der Waals surface area contributed by atoms with E-state index in [1.807, 2.05) is 19.9 Å². The molecule has 1 aromatic carbocycles. The van der Waals surface area contributed by atoms with Gasteiger partial charge in [-0.2, -0.15) is 0 Å². The zero-order valence-corrected chi connectivity index (χ0v) is 10.4. The Morgan fingerprint density at radius 3 is 2.50 bits per heavy atom. The van der Waals surface area contributed by atoms with Crippen molar-refractivity contribution in [3.05, 3.63) is 58.5 Å². The highest BCUT2D eigenvalue weighted by molar-refractivity contribution is 5.50. The van der Waals surface area contributed by atoms with Gasteiger partial charge in [0, 0.05) is 11.8 Å². The van der Waals surface area contributed by atoms with Crippen LogP contribution < -0.4 is 11.5 Å². The second-order valence-electron chi connectivity index (χ2n) is 4.41. The number of hydrogen-bond acceptors (Lipinski definition) is 3. The quantitative estimate of drug-likeness (QED) is 0.854. The Hall–Kier alpha value is -1.94. The Morgan fingerprint density at radius 1 is 1.17 bits per heavy atom. The minimum atomic E-state index is -0.390. The lowest BCUT2D eigenvalue weighted by Gasteiger charge is -2.18. The Kier molecular flexibility index (Phi) is 3.30. The summed E-state index contributed by atoms with van der Waals surface area (Å²) in [5.41, 5.74) is 15.6. The van der Waals surface area contributed by atoms with Crippen molar-refractivity contribution in [2.45, 2.75) is 19.9 Å². The van der Waals surface area contributed by atoms with E-state index in [4.69, 9.17) is 11.5 Å². The van der Waals surface area contributed by atoms with Crippen molar-refractivity contribution < 1.29 is 4.39 Å². The van der Waals surface area contributed by atoms with Crippen molar-refractivity contribution in [2.24, 2.45) is 5.73 Å². The van der Waals surface area contributed by atoms with Crippen molar-refractivity contribution in [3.8, 4) is 0 Å². The zero-order valence-electron chi connectivity index (χ0n) is 10.4. The Labute approximate surface area is 106 Å². The molecule has 4 heteroatoms. The van der Waals surface area contributed by atoms with Crippen molar-refractivity contribution in [2.75, 3.05) is 5.73 Å². The van der Waals surface area contributed by atoms with E-state index in [-0.39, 0.29) is 11.9 Å². The minimum Gasteiger partial charge on any atom is -0.383 e. The lowest BCUT2D eigenvalue weighted by Crippen LogP contribution is -2.17. The molecule has 4 N–H and O–H groups in total. The van der Waals surface area contributed by atoms with Gasteiger partial charge in [0.1, 0.15) is 11.6 Å². The van der Waals surface area contributed by atoms with E-state index >= 15 is 0 Å². The van der Waals surface area contributed by atoms with Gasteiger partial charge in [-0.15, -0.1) is 0 Å². The van der Waals surface area contributed by atoms with Crippen LogP contribution in [0.1, 0.15) is 28.3 Å². The summed E-state index contributed by atoms with van der Waals surface area (Å²) in [7, 11) is 0. The van der Waals surface area contributed by atoms with Crippen LogP contribution in [0.2, 0.25) is 0 Å². The number of rotatable bonds is 2. The molecule has 18 heavy (non-hydrogen) atoms. The van der Waals surface area contributed by atoms with Gasteiger partial charge in [0.15, 0.2) is 0 Å². The number of nitrogens with two attached hydrogens (primary N) is 2. The fourth-order valence-corrected chi connectivity index (χ4v) is 2.14. The van der Waals surface area contributed by atoms with Crippen LogP contribution in [0.5, 0.6) is 0 Å². The number of hydrogen-bond donors (Lipinski definition) is 2. The van der Waals surface area contributed by atoms with Gasteiger partial charge >= 0.3 is 0 Å². The molecule has 0 radical (unpaired) electrons. The second kappa shape index (κ2) is 4.74. The third-order valence-corrected chi connectivity index (χ3v) is 3.12. The predicted octanol–water partition coefficient (Wildman–Crippen LogP) is 2.47. The monoisotopic (exact) mass is 245 g/mol. The van der Waals surface area contributed by atoms with Gasteiger partial charge in [0.25, 0.3) is 0 Å². The van der Waals surface area contributed by atoms with E-state index in [2.05, 4.69) is 4.98 Å². The largest absolute Gasteiger partial charge is 0.383 e. The predicted molar refractivity (Wildman–Crippen MR) is 70.6 cm³/mol. The van der Waals surface area contributed by atoms with Gasteiger partial charge in [-0.1, -0.05) is 6.07 Å². The van der Waals surface area contributed by atoms with E-state index in [0.717, 1.165) is 22.3 Å². The fraction of sp³-hybridized carbons (Fsp3) is 0.214. The SMILES string of the molecule is Cc1cc(F)ccc1C(N)c1c(C)ccnc1N. The van der Waals surface area contributed by atoms with Crippen LogP contribution in [-0.2, 0) is 0 Å². The molecule has 1 atom stereocenters. The number of nitrogen functional groups attached to an aromatic ring is 1. The topological polar surface area (TPSA) is 64.9 Å². The second-order valence-corrected chi connectivity index (χ2v) is 4.41. The summed E-state index contributed by atoms with van der Waals surface area (Å²) in [4.78, 5) is 4.06. The molecule has 0 amide bonds. The molecule has 1 heterocycles. The summed E-state index contributed by atoms with van der Waals surface area (Å²) in [5, 5.41) is 0. The van der Waals surface area contributed by atoms with E-state index in [1.165, 1.54) is 12.1 Å². The number of halogens is 1. The molecular weight excluding hydrogens is 229 g/mol. The highest BCUT2D eigenvalue weighted by atomic mass is 19.1. The van der Waals surface area contributed by atoms with E-state index in [1.54, 1.807) is 12.3 Å². The van der Waals surface area contributed by atoms with Crippen LogP contribution in [0.4, 0.5) is 10.2 Å². The summed E-state index contributed by atoms with van der Waals surface area (Å²) < 4.78 is 13.1. The maximum Gasteiger partial charge on any atom is 0.128 e. The number of pyridine rings is 1. The van der Waals surface area contributed by atoms with Crippen molar-refractivity contribution in [1.82, 2.24) is 4.98 Å². The average molecular weight is 245 g/mol. The lowest BCUT2D eigenvalue weighted by molar-refractivity contribution is 0.624. The molecule has 2 rings (SSSR count).